The number of pyridine rings is 1. The molecule has 6 rings (SSSR count). The van der Waals surface area contributed by atoms with Crippen LogP contribution in [0.25, 0.3) is 22.7 Å². The molecule has 210 valence electrons. The number of hydrogen-bond acceptors (Lipinski definition) is 8. The van der Waals surface area contributed by atoms with Crippen LogP contribution in [0.2, 0.25) is 0 Å². The van der Waals surface area contributed by atoms with Crippen LogP contribution in [0.1, 0.15) is 40.9 Å². The van der Waals surface area contributed by atoms with E-state index in [4.69, 9.17) is 9.72 Å². The number of nitrogens with zero attached hydrogens (tertiary/aromatic N) is 6. The molecule has 3 heterocycles. The number of hydrogen-bond donors (Lipinski definition) is 0. The Morgan fingerprint density at radius 2 is 1.74 bits per heavy atom. The SMILES string of the molecule is O=C(/C=C/c1cc2ccccc2nc1N1CCCCC1)c1ccccc1OCc1cn(-c2ccccc2[N+](=O)[O-])nn1. The molecule has 0 N–H and O–H groups in total. The van der Waals surface area contributed by atoms with Crippen LogP contribution in [0, 0.1) is 10.1 Å². The van der Waals surface area contributed by atoms with Crippen molar-refractivity contribution in [3.63, 3.8) is 0 Å². The Kier molecular flexibility index (Phi) is 7.67. The van der Waals surface area contributed by atoms with Gasteiger partial charge < -0.3 is 9.64 Å². The Bertz CT molecular complexity index is 1790. The van der Waals surface area contributed by atoms with Gasteiger partial charge in [0.2, 0.25) is 0 Å². The van der Waals surface area contributed by atoms with Crippen LogP contribution in [0.3, 0.4) is 0 Å². The predicted octanol–water partition coefficient (Wildman–Crippen LogP) is 6.19. The highest BCUT2D eigenvalue weighted by atomic mass is 16.6. The van der Waals surface area contributed by atoms with Crippen LogP contribution in [0.4, 0.5) is 11.5 Å². The van der Waals surface area contributed by atoms with E-state index in [1.165, 1.54) is 17.2 Å². The molecule has 3 aromatic carbocycles. The van der Waals surface area contributed by atoms with Gasteiger partial charge in [-0.2, -0.15) is 0 Å². The fraction of sp³-hybridized carbons (Fsp3) is 0.188. The Labute approximate surface area is 242 Å². The summed E-state index contributed by atoms with van der Waals surface area (Å²) >= 11 is 0. The normalized spacial score (nSPS) is 13.5. The number of anilines is 1. The van der Waals surface area contributed by atoms with E-state index >= 15 is 0 Å². The highest BCUT2D eigenvalue weighted by molar-refractivity contribution is 6.09. The molecule has 0 spiro atoms. The largest absolute Gasteiger partial charge is 0.486 e. The third-order valence-corrected chi connectivity index (χ3v) is 7.20. The number of carbonyl (C=O) groups is 1. The molecule has 0 bridgehead atoms. The Morgan fingerprint density at radius 1 is 0.976 bits per heavy atom. The molecule has 0 saturated carbocycles. The van der Waals surface area contributed by atoms with Crippen molar-refractivity contribution in [2.45, 2.75) is 25.9 Å². The van der Waals surface area contributed by atoms with Crippen LogP contribution in [-0.2, 0) is 6.61 Å². The summed E-state index contributed by atoms with van der Waals surface area (Å²) in [5.74, 6) is 1.09. The third kappa shape index (κ3) is 5.73. The number of ketones is 1. The molecule has 5 aromatic rings. The minimum absolute atomic E-state index is 0.0301. The first kappa shape index (κ1) is 26.8. The van der Waals surface area contributed by atoms with Gasteiger partial charge in [-0.25, -0.2) is 9.67 Å². The summed E-state index contributed by atoms with van der Waals surface area (Å²) in [4.78, 5) is 31.6. The molecule has 10 heteroatoms. The first-order valence-electron chi connectivity index (χ1n) is 13.8. The maximum absolute atomic E-state index is 13.4. The van der Waals surface area contributed by atoms with E-state index in [1.54, 1.807) is 54.7 Å². The minimum Gasteiger partial charge on any atom is -0.486 e. The van der Waals surface area contributed by atoms with Gasteiger partial charge in [-0.15, -0.1) is 5.10 Å². The average Bonchev–Trinajstić information content (AvgIpc) is 3.51. The first-order chi connectivity index (χ1) is 20.6. The van der Waals surface area contributed by atoms with E-state index in [0.29, 0.717) is 22.7 Å². The number of nitro benzene ring substituents is 1. The van der Waals surface area contributed by atoms with Gasteiger partial charge in [-0.05, 0) is 61.7 Å². The van der Waals surface area contributed by atoms with Crippen molar-refractivity contribution in [3.8, 4) is 11.4 Å². The van der Waals surface area contributed by atoms with Crippen molar-refractivity contribution < 1.29 is 14.5 Å². The molecular weight excluding hydrogens is 532 g/mol. The molecule has 42 heavy (non-hydrogen) atoms. The average molecular weight is 561 g/mol. The Hall–Kier alpha value is -5.38. The summed E-state index contributed by atoms with van der Waals surface area (Å²) in [6.07, 6.45) is 8.43. The standard InChI is InChI=1S/C32H28N6O4/c39-30(17-16-24-20-23-10-2-4-12-27(23)33-32(24)36-18-8-1-9-19-36)26-11-3-7-15-31(26)42-22-25-21-37(35-34-25)28-13-5-6-14-29(28)38(40)41/h2-7,10-17,20-21H,1,8-9,18-19,22H2/b17-16+. The van der Waals surface area contributed by atoms with Crippen LogP contribution in [0.5, 0.6) is 5.75 Å². The molecular formula is C32H28N6O4. The van der Waals surface area contributed by atoms with Gasteiger partial charge in [-0.3, -0.25) is 14.9 Å². The molecule has 1 saturated heterocycles. The second kappa shape index (κ2) is 12.0. The number of benzene rings is 3. The van der Waals surface area contributed by atoms with E-state index < -0.39 is 4.92 Å². The zero-order chi connectivity index (χ0) is 28.9. The number of nitro groups is 1. The summed E-state index contributed by atoms with van der Waals surface area (Å²) in [6, 6.07) is 23.4. The van der Waals surface area contributed by atoms with Gasteiger partial charge in [0.15, 0.2) is 5.78 Å². The van der Waals surface area contributed by atoms with Gasteiger partial charge in [0.25, 0.3) is 5.69 Å². The minimum atomic E-state index is -0.466. The van der Waals surface area contributed by atoms with Gasteiger partial charge in [0, 0.05) is 30.1 Å². The molecule has 0 amide bonds. The van der Waals surface area contributed by atoms with Crippen molar-refractivity contribution >= 4 is 34.3 Å². The highest BCUT2D eigenvalue weighted by Crippen LogP contribution is 2.28. The number of para-hydroxylation sites is 4. The summed E-state index contributed by atoms with van der Waals surface area (Å²) < 4.78 is 7.32. The maximum atomic E-state index is 13.4. The van der Waals surface area contributed by atoms with Crippen LogP contribution in [0.15, 0.2) is 91.1 Å². The number of rotatable bonds is 9. The number of piperidine rings is 1. The van der Waals surface area contributed by atoms with E-state index in [-0.39, 0.29) is 18.1 Å². The second-order valence-corrected chi connectivity index (χ2v) is 10.0. The molecule has 1 fully saturated rings. The monoisotopic (exact) mass is 560 g/mol. The highest BCUT2D eigenvalue weighted by Gasteiger charge is 2.18. The summed E-state index contributed by atoms with van der Waals surface area (Å²) in [7, 11) is 0. The quantitative estimate of drug-likeness (QED) is 0.0907. The fourth-order valence-corrected chi connectivity index (χ4v) is 5.10. The van der Waals surface area contributed by atoms with Gasteiger partial charge >= 0.3 is 0 Å². The van der Waals surface area contributed by atoms with Crippen molar-refractivity contribution in [3.05, 3.63) is 118 Å². The smallest absolute Gasteiger partial charge is 0.294 e. The number of aromatic nitrogens is 4. The molecule has 0 atom stereocenters. The zero-order valence-electron chi connectivity index (χ0n) is 22.8. The molecule has 2 aromatic heterocycles. The molecule has 0 radical (unpaired) electrons. The fourth-order valence-electron chi connectivity index (χ4n) is 5.10. The molecule has 1 aliphatic rings. The molecule has 0 unspecified atom stereocenters. The molecule has 1 aliphatic heterocycles. The lowest BCUT2D eigenvalue weighted by Crippen LogP contribution is -2.30. The third-order valence-electron chi connectivity index (χ3n) is 7.20. The second-order valence-electron chi connectivity index (χ2n) is 10.0. The van der Waals surface area contributed by atoms with E-state index in [9.17, 15) is 14.9 Å². The van der Waals surface area contributed by atoms with Crippen molar-refractivity contribution in [1.82, 2.24) is 20.0 Å². The lowest BCUT2D eigenvalue weighted by Gasteiger charge is -2.29. The predicted molar refractivity (Wildman–Crippen MR) is 160 cm³/mol. The van der Waals surface area contributed by atoms with E-state index in [1.807, 2.05) is 30.3 Å². The zero-order valence-corrected chi connectivity index (χ0v) is 22.8. The van der Waals surface area contributed by atoms with E-state index in [0.717, 1.165) is 48.2 Å². The molecule has 10 nitrogen and oxygen atoms in total. The summed E-state index contributed by atoms with van der Waals surface area (Å²) in [5, 5.41) is 20.5. The van der Waals surface area contributed by atoms with Crippen LogP contribution < -0.4 is 9.64 Å². The molecule has 0 aliphatic carbocycles. The number of carbonyl (C=O) groups excluding carboxylic acids is 1. The summed E-state index contributed by atoms with van der Waals surface area (Å²) in [5.41, 5.74) is 2.91. The van der Waals surface area contributed by atoms with Gasteiger partial charge in [0.05, 0.1) is 22.2 Å². The lowest BCUT2D eigenvalue weighted by molar-refractivity contribution is -0.384. The van der Waals surface area contributed by atoms with Crippen molar-refractivity contribution in [2.75, 3.05) is 18.0 Å². The Morgan fingerprint density at radius 3 is 2.60 bits per heavy atom. The van der Waals surface area contributed by atoms with Gasteiger partial charge in [-0.1, -0.05) is 47.7 Å². The first-order valence-corrected chi connectivity index (χ1v) is 13.8. The van der Waals surface area contributed by atoms with E-state index in [2.05, 4.69) is 21.3 Å². The van der Waals surface area contributed by atoms with Gasteiger partial charge in [0.1, 0.15) is 29.6 Å². The summed E-state index contributed by atoms with van der Waals surface area (Å²) in [6.45, 7) is 1.92. The Balaban J connectivity index is 1.21. The maximum Gasteiger partial charge on any atom is 0.294 e. The number of allylic oxidation sites excluding steroid dienone is 1. The van der Waals surface area contributed by atoms with Crippen molar-refractivity contribution in [2.24, 2.45) is 0 Å². The van der Waals surface area contributed by atoms with Crippen molar-refractivity contribution in [1.29, 1.82) is 0 Å². The number of fused-ring (bicyclic) bond motifs is 1. The topological polar surface area (TPSA) is 116 Å². The van der Waals surface area contributed by atoms with Crippen LogP contribution >= 0.6 is 0 Å². The van der Waals surface area contributed by atoms with Crippen LogP contribution in [-0.4, -0.2) is 43.8 Å². The number of ether oxygens (including phenoxy) is 1. The lowest BCUT2D eigenvalue weighted by atomic mass is 10.1.